The van der Waals surface area contributed by atoms with E-state index in [2.05, 4.69) is 0 Å². The molecule has 0 N–H and O–H groups in total. The summed E-state index contributed by atoms with van der Waals surface area (Å²) in [5.74, 6) is 0.384. The predicted molar refractivity (Wildman–Crippen MR) is 119 cm³/mol. The monoisotopic (exact) mass is 444 g/mol. The number of thiocarbonyl (C=S) groups is 1. The Kier molecular flexibility index (Phi) is 10.5. The number of hydrogen-bond donors (Lipinski definition) is 0. The Bertz CT molecular complexity index is 723. The molecule has 0 saturated carbocycles. The van der Waals surface area contributed by atoms with Gasteiger partial charge in [-0.15, -0.1) is 12.4 Å². The molecule has 2 rings (SSSR count). The van der Waals surface area contributed by atoms with Crippen LogP contribution >= 0.6 is 36.4 Å². The van der Waals surface area contributed by atoms with E-state index in [1.165, 1.54) is 11.8 Å². The molecule has 1 aromatic carbocycles. The van der Waals surface area contributed by atoms with E-state index in [0.29, 0.717) is 35.3 Å². The number of carbonyl (C=O) groups is 2. The number of rotatable bonds is 9. The quantitative estimate of drug-likeness (QED) is 0.329. The number of methoxy groups -OCH3 is 1. The number of esters is 1. The van der Waals surface area contributed by atoms with Gasteiger partial charge in [-0.1, -0.05) is 36.1 Å². The van der Waals surface area contributed by atoms with Crippen LogP contribution in [0.4, 0.5) is 0 Å². The molecule has 1 aliphatic heterocycles. The van der Waals surface area contributed by atoms with Crippen LogP contribution in [0.2, 0.25) is 0 Å². The molecule has 1 heterocycles. The van der Waals surface area contributed by atoms with Crippen LogP contribution < -0.4 is 4.74 Å². The van der Waals surface area contributed by atoms with Gasteiger partial charge in [-0.25, -0.2) is 0 Å². The summed E-state index contributed by atoms with van der Waals surface area (Å²) in [4.78, 5) is 28.4. The number of thioether (sulfide) groups is 1. The lowest BCUT2D eigenvalue weighted by Gasteiger charge is -2.14. The molecule has 0 unspecified atom stereocenters. The normalized spacial score (nSPS) is 15.1. The van der Waals surface area contributed by atoms with Gasteiger partial charge in [-0.3, -0.25) is 14.5 Å². The van der Waals surface area contributed by atoms with Crippen LogP contribution in [0.15, 0.2) is 29.2 Å². The maximum Gasteiger partial charge on any atom is 0.305 e. The molecular weight excluding hydrogens is 420 g/mol. The minimum Gasteiger partial charge on any atom is -0.497 e. The van der Waals surface area contributed by atoms with Gasteiger partial charge >= 0.3 is 5.97 Å². The number of halogens is 1. The van der Waals surface area contributed by atoms with Gasteiger partial charge in [-0.2, -0.15) is 0 Å². The van der Waals surface area contributed by atoms with Crippen LogP contribution in [0.25, 0.3) is 6.08 Å². The third-order valence-electron chi connectivity index (χ3n) is 3.85. The zero-order valence-corrected chi connectivity index (χ0v) is 18.6. The van der Waals surface area contributed by atoms with E-state index < -0.39 is 0 Å². The fourth-order valence-electron chi connectivity index (χ4n) is 2.34. The van der Waals surface area contributed by atoms with Gasteiger partial charge in [0, 0.05) is 19.5 Å². The summed E-state index contributed by atoms with van der Waals surface area (Å²) >= 11 is 6.59. The zero-order chi connectivity index (χ0) is 19.8. The first-order valence-corrected chi connectivity index (χ1v) is 9.83. The summed E-state index contributed by atoms with van der Waals surface area (Å²) < 4.78 is 10.8. The van der Waals surface area contributed by atoms with Crippen molar-refractivity contribution < 1.29 is 19.1 Å². The summed E-state index contributed by atoms with van der Waals surface area (Å²) in [6.07, 6.45) is 2.60. The van der Waals surface area contributed by atoms with Crippen molar-refractivity contribution in [1.82, 2.24) is 9.80 Å². The fraction of sp³-hybridized carbons (Fsp3) is 0.421. The van der Waals surface area contributed by atoms with Crippen molar-refractivity contribution in [1.29, 1.82) is 0 Å². The molecule has 0 radical (unpaired) electrons. The molecule has 1 amide bonds. The second kappa shape index (κ2) is 12.1. The first kappa shape index (κ1) is 24.4. The van der Waals surface area contributed by atoms with Gasteiger partial charge in [0.15, 0.2) is 0 Å². The summed E-state index contributed by atoms with van der Waals surface area (Å²) in [7, 11) is 5.45. The zero-order valence-electron chi connectivity index (χ0n) is 16.2. The van der Waals surface area contributed by atoms with E-state index in [1.54, 1.807) is 12.0 Å². The van der Waals surface area contributed by atoms with Crippen molar-refractivity contribution in [2.45, 2.75) is 12.8 Å². The maximum atomic E-state index is 12.6. The molecule has 1 aliphatic rings. The van der Waals surface area contributed by atoms with Crippen molar-refractivity contribution in [3.05, 3.63) is 34.7 Å². The molecule has 9 heteroatoms. The van der Waals surface area contributed by atoms with Gasteiger partial charge in [0.05, 0.1) is 12.0 Å². The Labute approximate surface area is 181 Å². The number of amides is 1. The predicted octanol–water partition coefficient (Wildman–Crippen LogP) is 3.20. The topological polar surface area (TPSA) is 59.1 Å². The average Bonchev–Trinajstić information content (AvgIpc) is 2.89. The first-order valence-electron chi connectivity index (χ1n) is 8.60. The molecule has 0 aliphatic carbocycles. The Morgan fingerprint density at radius 3 is 2.57 bits per heavy atom. The highest BCUT2D eigenvalue weighted by atomic mass is 35.5. The van der Waals surface area contributed by atoms with Gasteiger partial charge in [0.25, 0.3) is 5.91 Å². The highest BCUT2D eigenvalue weighted by Crippen LogP contribution is 2.32. The van der Waals surface area contributed by atoms with Crippen molar-refractivity contribution in [3.63, 3.8) is 0 Å². The molecule has 1 saturated heterocycles. The van der Waals surface area contributed by atoms with Crippen molar-refractivity contribution in [2.24, 2.45) is 0 Å². The first-order chi connectivity index (χ1) is 12.9. The van der Waals surface area contributed by atoms with Crippen molar-refractivity contribution in [2.75, 3.05) is 40.9 Å². The lowest BCUT2D eigenvalue weighted by molar-refractivity contribution is -0.144. The molecule has 0 aromatic heterocycles. The molecule has 0 spiro atoms. The second-order valence-corrected chi connectivity index (χ2v) is 7.91. The van der Waals surface area contributed by atoms with Gasteiger partial charge in [0.1, 0.15) is 16.7 Å². The van der Waals surface area contributed by atoms with E-state index >= 15 is 0 Å². The molecule has 0 bridgehead atoms. The molecule has 6 nitrogen and oxygen atoms in total. The van der Waals surface area contributed by atoms with Crippen LogP contribution in [-0.2, 0) is 14.3 Å². The van der Waals surface area contributed by atoms with Crippen molar-refractivity contribution in [3.8, 4) is 5.75 Å². The molecule has 154 valence electrons. The van der Waals surface area contributed by atoms with Gasteiger partial charge in [-0.05, 0) is 44.3 Å². The highest BCUT2D eigenvalue weighted by Gasteiger charge is 2.31. The van der Waals surface area contributed by atoms with E-state index in [4.69, 9.17) is 21.7 Å². The van der Waals surface area contributed by atoms with Crippen LogP contribution in [0.3, 0.4) is 0 Å². The number of nitrogens with zero attached hydrogens (tertiary/aromatic N) is 2. The standard InChI is InChI=1S/C19H24N2O4S2.ClH/c1-20(2)11-12-25-17(22)5-4-10-21-18(23)16(27-19(21)26)13-14-6-8-15(24-3)9-7-14;/h6-9,13H,4-5,10-12H2,1-3H3;1H/b16-13+;. The van der Waals surface area contributed by atoms with Crippen LogP contribution in [0, 0.1) is 0 Å². The SMILES string of the molecule is COc1ccc(/C=C2/SC(=S)N(CCCC(=O)OCCN(C)C)C2=O)cc1.Cl. The van der Waals surface area contributed by atoms with E-state index in [9.17, 15) is 9.59 Å². The van der Waals surface area contributed by atoms with Crippen LogP contribution in [0.5, 0.6) is 5.75 Å². The molecular formula is C19H25ClN2O4S2. The Morgan fingerprint density at radius 1 is 1.29 bits per heavy atom. The van der Waals surface area contributed by atoms with Crippen LogP contribution in [-0.4, -0.2) is 66.9 Å². The molecule has 28 heavy (non-hydrogen) atoms. The molecule has 1 fully saturated rings. The second-order valence-electron chi connectivity index (χ2n) is 6.23. The number of carbonyl (C=O) groups excluding carboxylic acids is 2. The summed E-state index contributed by atoms with van der Waals surface area (Å²) in [5, 5.41) is 0. The van der Waals surface area contributed by atoms with E-state index in [-0.39, 0.29) is 30.7 Å². The van der Waals surface area contributed by atoms with Gasteiger partial charge < -0.3 is 14.4 Å². The maximum absolute atomic E-state index is 12.6. The minimum atomic E-state index is -0.254. The molecule has 0 atom stereocenters. The third kappa shape index (κ3) is 7.43. The highest BCUT2D eigenvalue weighted by molar-refractivity contribution is 8.26. The fourth-order valence-corrected chi connectivity index (χ4v) is 3.65. The summed E-state index contributed by atoms with van der Waals surface area (Å²) in [6, 6.07) is 7.45. The van der Waals surface area contributed by atoms with Gasteiger partial charge in [0.2, 0.25) is 0 Å². The Balaban J connectivity index is 0.00000392. The smallest absolute Gasteiger partial charge is 0.305 e. The summed E-state index contributed by atoms with van der Waals surface area (Å²) in [6.45, 7) is 1.47. The third-order valence-corrected chi connectivity index (χ3v) is 5.23. The van der Waals surface area contributed by atoms with E-state index in [0.717, 1.165) is 11.3 Å². The number of ether oxygens (including phenoxy) is 2. The largest absolute Gasteiger partial charge is 0.497 e. The summed E-state index contributed by atoms with van der Waals surface area (Å²) in [5.41, 5.74) is 0.903. The van der Waals surface area contributed by atoms with E-state index in [1.807, 2.05) is 49.3 Å². The number of likely N-dealkylation sites (N-methyl/N-ethyl adjacent to an activating group) is 1. The Hall–Kier alpha value is -1.61. The van der Waals surface area contributed by atoms with Crippen molar-refractivity contribution >= 4 is 58.7 Å². The lowest BCUT2D eigenvalue weighted by Crippen LogP contribution is -2.29. The minimum absolute atomic E-state index is 0. The average molecular weight is 445 g/mol. The van der Waals surface area contributed by atoms with Crippen LogP contribution in [0.1, 0.15) is 18.4 Å². The number of hydrogen-bond acceptors (Lipinski definition) is 7. The number of benzene rings is 1. The lowest BCUT2D eigenvalue weighted by atomic mass is 10.2. The molecule has 1 aromatic rings. The Morgan fingerprint density at radius 2 is 1.96 bits per heavy atom.